The third kappa shape index (κ3) is 58.4. The van der Waals surface area contributed by atoms with Crippen LogP contribution in [0.1, 0.15) is 121 Å². The molecule has 0 unspecified atom stereocenters. The molecule has 1 heterocycles. The highest BCUT2D eigenvalue weighted by atomic mass is 33.1. The molecule has 1 aromatic heterocycles. The van der Waals surface area contributed by atoms with Gasteiger partial charge in [0.25, 0.3) is 0 Å². The molecule has 0 fully saturated rings. The Kier molecular flexibility index (Phi) is 59.8. The van der Waals surface area contributed by atoms with Gasteiger partial charge in [-0.3, -0.25) is 9.63 Å². The number of hydrogen-bond acceptors (Lipinski definition) is 20. The first-order chi connectivity index (χ1) is 36.7. The van der Waals surface area contributed by atoms with Gasteiger partial charge in [0.2, 0.25) is 0 Å². The molecule has 0 saturated heterocycles. The van der Waals surface area contributed by atoms with Gasteiger partial charge in [-0.2, -0.15) is 0 Å². The highest BCUT2D eigenvalue weighted by molar-refractivity contribution is 8.76. The standard InChI is InChI=1S/C52H102N4O16S2/c1-53-72-45-44-70-41-40-68-37-36-66-33-31-64-29-27-62-25-23-60-21-17-13-9-5-3-7-11-15-19-47-74-73-46-18-14-10-6-2-4-8-12-16-20-59-22-24-61-26-28-63-30-32-65-34-35-67-38-39-69-42-43-71-50-51-48-56(55-54-51)49-52(57)58/h48,53H,2-47,49-50H2,1H3,(H,57,58). The van der Waals surface area contributed by atoms with Crippen molar-refractivity contribution in [2.45, 2.75) is 129 Å². The van der Waals surface area contributed by atoms with Crippen LogP contribution < -0.4 is 5.48 Å². The number of carbonyl (C=O) groups is 1. The van der Waals surface area contributed by atoms with Crippen molar-refractivity contribution >= 4 is 27.6 Å². The van der Waals surface area contributed by atoms with Crippen LogP contribution in [0.25, 0.3) is 0 Å². The van der Waals surface area contributed by atoms with E-state index in [2.05, 4.69) is 37.4 Å². The molecule has 0 amide bonds. The van der Waals surface area contributed by atoms with E-state index in [-0.39, 0.29) is 13.2 Å². The first-order valence-corrected chi connectivity index (χ1v) is 30.4. The lowest BCUT2D eigenvalue weighted by atomic mass is 10.1. The van der Waals surface area contributed by atoms with E-state index >= 15 is 0 Å². The molecule has 0 aliphatic carbocycles. The minimum Gasteiger partial charge on any atom is -0.480 e. The van der Waals surface area contributed by atoms with Gasteiger partial charge < -0.3 is 66.7 Å². The number of nitrogens with one attached hydrogen (secondary N) is 1. The van der Waals surface area contributed by atoms with Crippen LogP contribution in [0.2, 0.25) is 0 Å². The van der Waals surface area contributed by atoms with Crippen LogP contribution in [-0.2, 0) is 84.4 Å². The topological polar surface area (TPSA) is 209 Å². The fraction of sp³-hybridized carbons (Fsp3) is 0.942. The summed E-state index contributed by atoms with van der Waals surface area (Å²) in [7, 11) is 5.88. The third-order valence-electron chi connectivity index (χ3n) is 10.8. The second-order valence-corrected chi connectivity index (χ2v) is 20.0. The van der Waals surface area contributed by atoms with Crippen LogP contribution >= 0.6 is 21.6 Å². The van der Waals surface area contributed by atoms with Gasteiger partial charge in [0, 0.05) is 31.8 Å². The molecule has 0 aliphatic rings. The Hall–Kier alpha value is -1.29. The van der Waals surface area contributed by atoms with Gasteiger partial charge in [-0.25, -0.2) is 10.2 Å². The summed E-state index contributed by atoms with van der Waals surface area (Å²) in [6.45, 7) is 14.4. The number of carboxylic acid groups (broad SMARTS) is 1. The van der Waals surface area contributed by atoms with Gasteiger partial charge in [-0.1, -0.05) is 117 Å². The van der Waals surface area contributed by atoms with Crippen molar-refractivity contribution in [3.05, 3.63) is 11.9 Å². The molecule has 22 heteroatoms. The smallest absolute Gasteiger partial charge is 0.325 e. The van der Waals surface area contributed by atoms with Crippen molar-refractivity contribution in [3.8, 4) is 0 Å². The molecule has 0 saturated carbocycles. The maximum atomic E-state index is 10.7. The molecule has 0 radical (unpaired) electrons. The van der Waals surface area contributed by atoms with Crippen molar-refractivity contribution in [1.29, 1.82) is 0 Å². The second kappa shape index (κ2) is 62.6. The first kappa shape index (κ1) is 70.7. The number of aromatic nitrogens is 3. The lowest BCUT2D eigenvalue weighted by Gasteiger charge is -2.08. The number of ether oxygens (including phenoxy) is 13. The van der Waals surface area contributed by atoms with Crippen LogP contribution in [0.4, 0.5) is 0 Å². The number of carboxylic acids is 1. The predicted molar refractivity (Wildman–Crippen MR) is 290 cm³/mol. The minimum absolute atomic E-state index is 0.226. The molecular weight excluding hydrogens is 1000 g/mol. The Balaban J connectivity index is 1.60. The molecule has 1 aromatic rings. The van der Waals surface area contributed by atoms with E-state index < -0.39 is 5.97 Å². The third-order valence-corrected chi connectivity index (χ3v) is 13.4. The van der Waals surface area contributed by atoms with Gasteiger partial charge in [-0.15, -0.1) is 5.10 Å². The Morgan fingerprint density at radius 2 is 0.676 bits per heavy atom. The summed E-state index contributed by atoms with van der Waals surface area (Å²) in [5.41, 5.74) is 3.17. The largest absolute Gasteiger partial charge is 0.480 e. The van der Waals surface area contributed by atoms with E-state index in [0.717, 1.165) is 26.1 Å². The number of rotatable bonds is 66. The van der Waals surface area contributed by atoms with E-state index in [1.807, 2.05) is 0 Å². The van der Waals surface area contributed by atoms with Crippen LogP contribution in [0, 0.1) is 0 Å². The van der Waals surface area contributed by atoms with Crippen molar-refractivity contribution < 1.29 is 76.3 Å². The second-order valence-electron chi connectivity index (χ2n) is 17.3. The Labute approximate surface area is 453 Å². The van der Waals surface area contributed by atoms with Crippen molar-refractivity contribution in [2.75, 3.05) is 190 Å². The van der Waals surface area contributed by atoms with E-state index in [9.17, 15) is 4.79 Å². The number of unbranched alkanes of at least 4 members (excludes halogenated alkanes) is 16. The summed E-state index contributed by atoms with van der Waals surface area (Å²) in [6, 6.07) is 0. The van der Waals surface area contributed by atoms with Gasteiger partial charge in [0.1, 0.15) is 12.2 Å². The molecule has 0 aliphatic heterocycles. The summed E-state index contributed by atoms with van der Waals surface area (Å²) in [6.07, 6.45) is 25.3. The summed E-state index contributed by atoms with van der Waals surface area (Å²) in [5, 5.41) is 16.3. The molecule has 0 spiro atoms. The first-order valence-electron chi connectivity index (χ1n) is 27.9. The van der Waals surface area contributed by atoms with Crippen LogP contribution in [-0.4, -0.2) is 216 Å². The SMILES string of the molecule is CNOCCOCCOCCOCCOCCOCCOCCCCCCCCCCCSSCCCCCCCCCCCOCCOCCOCCOCCOCCOCCOCc1cn(CC(=O)O)nn1. The highest BCUT2D eigenvalue weighted by Gasteiger charge is 2.05. The molecular formula is C52H102N4O16S2. The Bertz CT molecular complexity index is 1240. The van der Waals surface area contributed by atoms with Gasteiger partial charge >= 0.3 is 5.97 Å². The minimum atomic E-state index is -0.973. The molecule has 2 N–H and O–H groups in total. The Morgan fingerprint density at radius 1 is 0.405 bits per heavy atom. The molecule has 74 heavy (non-hydrogen) atoms. The summed E-state index contributed by atoms with van der Waals surface area (Å²) in [4.78, 5) is 15.6. The average molecular weight is 1100 g/mol. The van der Waals surface area contributed by atoms with Crippen molar-refractivity contribution in [3.63, 3.8) is 0 Å². The van der Waals surface area contributed by atoms with Crippen molar-refractivity contribution in [1.82, 2.24) is 20.5 Å². The zero-order valence-electron chi connectivity index (χ0n) is 45.7. The van der Waals surface area contributed by atoms with Crippen LogP contribution in [0.15, 0.2) is 6.20 Å². The molecule has 0 bridgehead atoms. The zero-order chi connectivity index (χ0) is 52.8. The molecule has 0 atom stereocenters. The maximum Gasteiger partial charge on any atom is 0.325 e. The van der Waals surface area contributed by atoms with Crippen LogP contribution in [0.5, 0.6) is 0 Å². The molecule has 20 nitrogen and oxygen atoms in total. The number of aliphatic carboxylic acids is 1. The van der Waals surface area contributed by atoms with Crippen LogP contribution in [0.3, 0.4) is 0 Å². The fourth-order valence-corrected chi connectivity index (χ4v) is 9.14. The van der Waals surface area contributed by atoms with Gasteiger partial charge in [-0.05, 0) is 25.7 Å². The number of nitrogens with zero attached hydrogens (tertiary/aromatic N) is 3. The van der Waals surface area contributed by atoms with E-state index in [1.165, 1.54) is 119 Å². The fourth-order valence-electron chi connectivity index (χ4n) is 6.84. The number of hydroxylamine groups is 1. The summed E-state index contributed by atoms with van der Waals surface area (Å²) >= 11 is 0. The molecule has 1 rings (SSSR count). The summed E-state index contributed by atoms with van der Waals surface area (Å²) in [5.74, 6) is 1.62. The van der Waals surface area contributed by atoms with Crippen molar-refractivity contribution in [2.24, 2.45) is 0 Å². The van der Waals surface area contributed by atoms with E-state index in [0.29, 0.717) is 164 Å². The molecule has 438 valence electrons. The van der Waals surface area contributed by atoms with E-state index in [4.69, 9.17) is 71.5 Å². The molecule has 0 aromatic carbocycles. The maximum absolute atomic E-state index is 10.7. The zero-order valence-corrected chi connectivity index (χ0v) is 47.4. The van der Waals surface area contributed by atoms with Gasteiger partial charge in [0.15, 0.2) is 0 Å². The monoisotopic (exact) mass is 1100 g/mol. The average Bonchev–Trinajstić information content (AvgIpc) is 3.85. The lowest BCUT2D eigenvalue weighted by molar-refractivity contribution is -0.137. The number of hydrogen-bond donors (Lipinski definition) is 2. The highest BCUT2D eigenvalue weighted by Crippen LogP contribution is 2.25. The lowest BCUT2D eigenvalue weighted by Crippen LogP contribution is -2.16. The summed E-state index contributed by atoms with van der Waals surface area (Å²) < 4.78 is 73.2. The quantitative estimate of drug-likeness (QED) is 0.0365. The normalized spacial score (nSPS) is 11.7. The van der Waals surface area contributed by atoms with E-state index in [1.54, 1.807) is 13.2 Å². The Morgan fingerprint density at radius 3 is 0.986 bits per heavy atom. The van der Waals surface area contributed by atoms with Gasteiger partial charge in [0.05, 0.1) is 171 Å². The predicted octanol–water partition coefficient (Wildman–Crippen LogP) is 7.63.